The first kappa shape index (κ1) is 18.3. The predicted molar refractivity (Wildman–Crippen MR) is 89.8 cm³/mol. The Morgan fingerprint density at radius 1 is 1.31 bits per heavy atom. The molecule has 1 unspecified atom stereocenters. The van der Waals surface area contributed by atoms with Crippen LogP contribution in [-0.2, 0) is 17.5 Å². The van der Waals surface area contributed by atoms with Gasteiger partial charge < -0.3 is 9.64 Å². The molecule has 1 aliphatic heterocycles. The van der Waals surface area contributed by atoms with Gasteiger partial charge in [-0.2, -0.15) is 23.5 Å². The lowest BCUT2D eigenvalue weighted by Crippen LogP contribution is -2.44. The molecule has 138 valence electrons. The fourth-order valence-corrected chi connectivity index (χ4v) is 3.19. The average Bonchev–Trinajstić information content (AvgIpc) is 2.91. The van der Waals surface area contributed by atoms with E-state index in [1.807, 2.05) is 29.5 Å². The molecule has 1 atom stereocenters. The van der Waals surface area contributed by atoms with E-state index in [1.165, 1.54) is 12.1 Å². The highest BCUT2D eigenvalue weighted by molar-refractivity contribution is 5.55. The van der Waals surface area contributed by atoms with Crippen LogP contribution in [0.25, 0.3) is 0 Å². The number of alkyl halides is 3. The van der Waals surface area contributed by atoms with Crippen molar-refractivity contribution in [1.29, 1.82) is 5.26 Å². The number of nitriles is 1. The number of hydrogen-bond acceptors (Lipinski definition) is 4. The lowest BCUT2D eigenvalue weighted by atomic mass is 10.1. The van der Waals surface area contributed by atoms with Crippen LogP contribution in [-0.4, -0.2) is 35.6 Å². The molecule has 1 aliphatic rings. The van der Waals surface area contributed by atoms with E-state index >= 15 is 0 Å². The molecular formula is C18H19F3N4O. The van der Waals surface area contributed by atoms with Crippen LogP contribution in [0.1, 0.15) is 22.5 Å². The molecule has 5 nitrogen and oxygen atoms in total. The first-order valence-electron chi connectivity index (χ1n) is 8.27. The maximum Gasteiger partial charge on any atom is 0.417 e. The van der Waals surface area contributed by atoms with Gasteiger partial charge in [0.25, 0.3) is 0 Å². The van der Waals surface area contributed by atoms with Gasteiger partial charge in [0.15, 0.2) is 0 Å². The fraction of sp³-hybridized carbons (Fsp3) is 0.444. The van der Waals surface area contributed by atoms with Crippen molar-refractivity contribution in [2.24, 2.45) is 0 Å². The van der Waals surface area contributed by atoms with Gasteiger partial charge in [0, 0.05) is 24.5 Å². The Hall–Kier alpha value is -2.53. The first-order chi connectivity index (χ1) is 12.3. The van der Waals surface area contributed by atoms with E-state index in [1.54, 1.807) is 6.07 Å². The summed E-state index contributed by atoms with van der Waals surface area (Å²) in [5.41, 5.74) is 1.28. The Bertz CT molecular complexity index is 838. The summed E-state index contributed by atoms with van der Waals surface area (Å²) in [6.07, 6.45) is -4.67. The van der Waals surface area contributed by atoms with Crippen LogP contribution < -0.4 is 4.90 Å². The molecule has 0 amide bonds. The van der Waals surface area contributed by atoms with Gasteiger partial charge in [0.2, 0.25) is 0 Å². The molecular weight excluding hydrogens is 345 g/mol. The zero-order chi connectivity index (χ0) is 18.9. The third-order valence-corrected chi connectivity index (χ3v) is 4.41. The topological polar surface area (TPSA) is 54.1 Å². The van der Waals surface area contributed by atoms with Crippen molar-refractivity contribution < 1.29 is 17.9 Å². The van der Waals surface area contributed by atoms with Crippen molar-refractivity contribution in [1.82, 2.24) is 9.78 Å². The number of rotatable bonds is 3. The van der Waals surface area contributed by atoms with Gasteiger partial charge >= 0.3 is 6.18 Å². The monoisotopic (exact) mass is 364 g/mol. The fourth-order valence-electron chi connectivity index (χ4n) is 3.19. The summed E-state index contributed by atoms with van der Waals surface area (Å²) in [5.74, 6) is 0. The maximum absolute atomic E-state index is 13.0. The number of morpholine rings is 1. The van der Waals surface area contributed by atoms with Crippen LogP contribution in [0.15, 0.2) is 24.3 Å². The average molecular weight is 364 g/mol. The number of hydrogen-bond donors (Lipinski definition) is 0. The van der Waals surface area contributed by atoms with Crippen molar-refractivity contribution in [3.63, 3.8) is 0 Å². The van der Waals surface area contributed by atoms with E-state index in [-0.39, 0.29) is 11.7 Å². The Morgan fingerprint density at radius 2 is 2.08 bits per heavy atom. The van der Waals surface area contributed by atoms with E-state index in [9.17, 15) is 13.2 Å². The van der Waals surface area contributed by atoms with Crippen LogP contribution >= 0.6 is 0 Å². The molecule has 0 spiro atoms. The van der Waals surface area contributed by atoms with Crippen molar-refractivity contribution in [3.05, 3.63) is 46.8 Å². The van der Waals surface area contributed by atoms with Gasteiger partial charge in [0.05, 0.1) is 42.1 Å². The minimum atomic E-state index is -4.54. The van der Waals surface area contributed by atoms with Gasteiger partial charge in [-0.25, -0.2) is 0 Å². The second-order valence-corrected chi connectivity index (χ2v) is 6.39. The zero-order valence-corrected chi connectivity index (χ0v) is 14.5. The molecule has 1 fully saturated rings. The Labute approximate surface area is 149 Å². The third kappa shape index (κ3) is 3.83. The number of aryl methyl sites for hydroxylation is 2. The van der Waals surface area contributed by atoms with Crippen LogP contribution in [0.3, 0.4) is 0 Å². The highest BCUT2D eigenvalue weighted by atomic mass is 19.4. The minimum absolute atomic E-state index is 0.130. The molecule has 26 heavy (non-hydrogen) atoms. The highest BCUT2D eigenvalue weighted by Gasteiger charge is 2.34. The van der Waals surface area contributed by atoms with E-state index in [0.29, 0.717) is 31.9 Å². The van der Waals surface area contributed by atoms with Crippen molar-refractivity contribution in [3.8, 4) is 6.07 Å². The molecule has 0 aliphatic carbocycles. The number of nitrogens with zero attached hydrogens (tertiary/aromatic N) is 4. The molecule has 0 bridgehead atoms. The summed E-state index contributed by atoms with van der Waals surface area (Å²) in [4.78, 5) is 1.95. The quantitative estimate of drug-likeness (QED) is 0.839. The predicted octanol–water partition coefficient (Wildman–Crippen LogP) is 3.30. The van der Waals surface area contributed by atoms with E-state index in [0.717, 1.165) is 17.5 Å². The molecule has 0 saturated carbocycles. The first-order valence-corrected chi connectivity index (χ1v) is 8.27. The van der Waals surface area contributed by atoms with Gasteiger partial charge in [0.1, 0.15) is 0 Å². The summed E-state index contributed by atoms with van der Waals surface area (Å²) in [6.45, 7) is 6.01. The number of ether oxygens (including phenoxy) is 1. The molecule has 8 heteroatoms. The maximum atomic E-state index is 13.0. The van der Waals surface area contributed by atoms with Crippen LogP contribution in [0.5, 0.6) is 0 Å². The van der Waals surface area contributed by atoms with Crippen LogP contribution in [0.2, 0.25) is 0 Å². The van der Waals surface area contributed by atoms with Crippen molar-refractivity contribution in [2.75, 3.05) is 24.6 Å². The second kappa shape index (κ2) is 7.00. The highest BCUT2D eigenvalue weighted by Crippen LogP contribution is 2.34. The van der Waals surface area contributed by atoms with E-state index < -0.39 is 11.7 Å². The molecule has 1 aromatic carbocycles. The number of benzene rings is 1. The smallest absolute Gasteiger partial charge is 0.373 e. The molecule has 2 heterocycles. The van der Waals surface area contributed by atoms with Crippen molar-refractivity contribution in [2.45, 2.75) is 32.7 Å². The van der Waals surface area contributed by atoms with E-state index in [4.69, 9.17) is 10.00 Å². The van der Waals surface area contributed by atoms with Gasteiger partial charge in [-0.15, -0.1) is 0 Å². The largest absolute Gasteiger partial charge is 0.417 e. The summed E-state index contributed by atoms with van der Waals surface area (Å²) in [6, 6.07) is 7.32. The molecule has 1 saturated heterocycles. The molecule has 1 aromatic heterocycles. The van der Waals surface area contributed by atoms with Crippen LogP contribution in [0.4, 0.5) is 18.9 Å². The normalized spacial score (nSPS) is 18.0. The lowest BCUT2D eigenvalue weighted by molar-refractivity contribution is -0.137. The van der Waals surface area contributed by atoms with Gasteiger partial charge in [-0.05, 0) is 38.1 Å². The van der Waals surface area contributed by atoms with Gasteiger partial charge in [-0.1, -0.05) is 0 Å². The Balaban J connectivity index is 1.77. The Morgan fingerprint density at radius 3 is 2.69 bits per heavy atom. The summed E-state index contributed by atoms with van der Waals surface area (Å²) < 4.78 is 46.5. The zero-order valence-electron chi connectivity index (χ0n) is 14.5. The summed E-state index contributed by atoms with van der Waals surface area (Å²) >= 11 is 0. The Kier molecular flexibility index (Phi) is 4.92. The van der Waals surface area contributed by atoms with Crippen LogP contribution in [0, 0.1) is 25.2 Å². The lowest BCUT2D eigenvalue weighted by Gasteiger charge is -2.35. The minimum Gasteiger partial charge on any atom is -0.373 e. The summed E-state index contributed by atoms with van der Waals surface area (Å²) in [5, 5.41) is 13.5. The SMILES string of the molecule is Cc1cc(C)n(CC2CN(c3ccc(C(F)(F)F)c(C#N)c3)CCO2)n1. The standard InChI is InChI=1S/C18H19F3N4O/c1-12-7-13(2)25(23-12)11-16-10-24(5-6-26-16)15-3-4-17(18(19,20)21)14(8-15)9-22/h3-4,7-8,16H,5-6,10-11H2,1-2H3. The third-order valence-electron chi connectivity index (χ3n) is 4.41. The number of anilines is 1. The second-order valence-electron chi connectivity index (χ2n) is 6.39. The molecule has 0 radical (unpaired) electrons. The summed E-state index contributed by atoms with van der Waals surface area (Å²) in [7, 11) is 0. The molecule has 0 N–H and O–H groups in total. The number of halogens is 3. The van der Waals surface area contributed by atoms with Gasteiger partial charge in [-0.3, -0.25) is 4.68 Å². The molecule has 2 aromatic rings. The van der Waals surface area contributed by atoms with E-state index in [2.05, 4.69) is 5.10 Å². The molecule has 3 rings (SSSR count). The van der Waals surface area contributed by atoms with Crippen molar-refractivity contribution >= 4 is 5.69 Å². The number of aromatic nitrogens is 2.